The van der Waals surface area contributed by atoms with Crippen molar-refractivity contribution in [2.24, 2.45) is 0 Å². The predicted molar refractivity (Wildman–Crippen MR) is 97.0 cm³/mol. The molecule has 7 heteroatoms. The van der Waals surface area contributed by atoms with Gasteiger partial charge >= 0.3 is 5.63 Å². The largest absolute Gasteiger partial charge is 0.422 e. The van der Waals surface area contributed by atoms with E-state index >= 15 is 0 Å². The molecule has 3 aromatic heterocycles. The van der Waals surface area contributed by atoms with Crippen LogP contribution in [0.25, 0.3) is 22.2 Å². The Bertz CT molecular complexity index is 1160. The smallest absolute Gasteiger partial charge is 0.349 e. The molecule has 0 aliphatic heterocycles. The number of para-hydroxylation sites is 1. The fourth-order valence-electron chi connectivity index (χ4n) is 2.81. The SMILES string of the molecule is Cc1c(C(=O)Nc2cc(-c3ccncc3)[nH]n2)c(=O)oc2ccccc12. The van der Waals surface area contributed by atoms with Gasteiger partial charge in [-0.1, -0.05) is 18.2 Å². The molecule has 1 amide bonds. The highest BCUT2D eigenvalue weighted by Gasteiger charge is 2.19. The first-order chi connectivity index (χ1) is 12.6. The number of aryl methyl sites for hydroxylation is 1. The molecular formula is C19H14N4O3. The number of carbonyl (C=O) groups is 1. The number of pyridine rings is 1. The Labute approximate surface area is 147 Å². The second-order valence-corrected chi connectivity index (χ2v) is 5.74. The first-order valence-corrected chi connectivity index (χ1v) is 7.93. The quantitative estimate of drug-likeness (QED) is 0.555. The molecule has 2 N–H and O–H groups in total. The number of carbonyl (C=O) groups excluding carboxylic acids is 1. The van der Waals surface area contributed by atoms with Crippen molar-refractivity contribution < 1.29 is 9.21 Å². The van der Waals surface area contributed by atoms with Gasteiger partial charge in [0.05, 0.1) is 5.69 Å². The van der Waals surface area contributed by atoms with Gasteiger partial charge in [0.15, 0.2) is 5.82 Å². The summed E-state index contributed by atoms with van der Waals surface area (Å²) in [5, 5.41) is 10.3. The summed E-state index contributed by atoms with van der Waals surface area (Å²) in [7, 11) is 0. The van der Waals surface area contributed by atoms with Crippen molar-refractivity contribution >= 4 is 22.7 Å². The maximum atomic E-state index is 12.6. The minimum Gasteiger partial charge on any atom is -0.422 e. The van der Waals surface area contributed by atoms with Crippen LogP contribution in [0, 0.1) is 6.92 Å². The molecule has 0 unspecified atom stereocenters. The molecule has 0 radical (unpaired) electrons. The molecule has 4 rings (SSSR count). The Morgan fingerprint density at radius 2 is 1.92 bits per heavy atom. The van der Waals surface area contributed by atoms with E-state index in [1.54, 1.807) is 43.6 Å². The summed E-state index contributed by atoms with van der Waals surface area (Å²) >= 11 is 0. The van der Waals surface area contributed by atoms with Crippen LogP contribution in [-0.2, 0) is 0 Å². The van der Waals surface area contributed by atoms with Gasteiger partial charge in [-0.3, -0.25) is 14.9 Å². The zero-order chi connectivity index (χ0) is 18.1. The van der Waals surface area contributed by atoms with E-state index in [2.05, 4.69) is 20.5 Å². The van der Waals surface area contributed by atoms with Crippen LogP contribution in [0.3, 0.4) is 0 Å². The lowest BCUT2D eigenvalue weighted by atomic mass is 10.1. The van der Waals surface area contributed by atoms with Crippen molar-refractivity contribution in [3.05, 3.63) is 76.4 Å². The molecule has 0 atom stereocenters. The number of nitrogens with one attached hydrogen (secondary N) is 2. The van der Waals surface area contributed by atoms with Crippen LogP contribution in [0.15, 0.2) is 64.1 Å². The van der Waals surface area contributed by atoms with E-state index in [4.69, 9.17) is 4.42 Å². The fourth-order valence-corrected chi connectivity index (χ4v) is 2.81. The molecule has 4 aromatic rings. The summed E-state index contributed by atoms with van der Waals surface area (Å²) in [5.41, 5.74) is 1.92. The lowest BCUT2D eigenvalue weighted by molar-refractivity contribution is 0.102. The van der Waals surface area contributed by atoms with Crippen LogP contribution >= 0.6 is 0 Å². The highest BCUT2D eigenvalue weighted by Crippen LogP contribution is 2.21. The minimum atomic E-state index is -0.677. The molecule has 0 bridgehead atoms. The van der Waals surface area contributed by atoms with Crippen LogP contribution in [0.1, 0.15) is 15.9 Å². The Kier molecular flexibility index (Phi) is 3.81. The Hall–Kier alpha value is -3.74. The van der Waals surface area contributed by atoms with Crippen molar-refractivity contribution in [3.8, 4) is 11.3 Å². The summed E-state index contributed by atoms with van der Waals surface area (Å²) in [6.45, 7) is 1.72. The second kappa shape index (κ2) is 6.29. The second-order valence-electron chi connectivity index (χ2n) is 5.74. The molecule has 0 aliphatic carbocycles. The van der Waals surface area contributed by atoms with Gasteiger partial charge in [0, 0.05) is 29.4 Å². The molecule has 0 aliphatic rings. The molecule has 3 heterocycles. The van der Waals surface area contributed by atoms with Crippen LogP contribution in [-0.4, -0.2) is 21.1 Å². The number of aromatic amines is 1. The van der Waals surface area contributed by atoms with Crippen molar-refractivity contribution in [3.63, 3.8) is 0 Å². The number of aromatic nitrogens is 3. The first kappa shape index (κ1) is 15.8. The summed E-state index contributed by atoms with van der Waals surface area (Å²) in [4.78, 5) is 28.8. The number of H-pyrrole nitrogens is 1. The summed E-state index contributed by atoms with van der Waals surface area (Å²) in [5.74, 6) is -0.247. The van der Waals surface area contributed by atoms with Gasteiger partial charge in [0.1, 0.15) is 11.1 Å². The zero-order valence-corrected chi connectivity index (χ0v) is 13.8. The third-order valence-electron chi connectivity index (χ3n) is 4.11. The number of fused-ring (bicyclic) bond motifs is 1. The van der Waals surface area contributed by atoms with Gasteiger partial charge in [0.2, 0.25) is 0 Å². The predicted octanol–water partition coefficient (Wildman–Crippen LogP) is 3.14. The fraction of sp³-hybridized carbons (Fsp3) is 0.0526. The van der Waals surface area contributed by atoms with Crippen molar-refractivity contribution in [2.75, 3.05) is 5.32 Å². The summed E-state index contributed by atoms with van der Waals surface area (Å²) in [6.07, 6.45) is 3.33. The van der Waals surface area contributed by atoms with E-state index in [0.717, 1.165) is 16.6 Å². The monoisotopic (exact) mass is 346 g/mol. The van der Waals surface area contributed by atoms with Crippen LogP contribution < -0.4 is 10.9 Å². The lowest BCUT2D eigenvalue weighted by Crippen LogP contribution is -2.22. The molecule has 1 aromatic carbocycles. The highest BCUT2D eigenvalue weighted by atomic mass is 16.4. The van der Waals surface area contributed by atoms with Crippen molar-refractivity contribution in [1.82, 2.24) is 15.2 Å². The van der Waals surface area contributed by atoms with Crippen LogP contribution in [0.5, 0.6) is 0 Å². The number of hydrogen-bond donors (Lipinski definition) is 2. The van der Waals surface area contributed by atoms with Crippen LogP contribution in [0.2, 0.25) is 0 Å². The first-order valence-electron chi connectivity index (χ1n) is 7.93. The standard InChI is InChI=1S/C19H14N4O3/c1-11-13-4-2-3-5-15(13)26-19(25)17(11)18(24)21-16-10-14(22-23-16)12-6-8-20-9-7-12/h2-10H,1H3,(H2,21,22,23,24). The van der Waals surface area contributed by atoms with E-state index in [0.29, 0.717) is 17.0 Å². The third kappa shape index (κ3) is 2.75. The number of nitrogens with zero attached hydrogens (tertiary/aromatic N) is 2. The minimum absolute atomic E-state index is 0.0304. The number of amides is 1. The average Bonchev–Trinajstić information content (AvgIpc) is 3.11. The Morgan fingerprint density at radius 3 is 2.73 bits per heavy atom. The third-order valence-corrected chi connectivity index (χ3v) is 4.11. The molecule has 0 saturated heterocycles. The van der Waals surface area contributed by atoms with E-state index in [-0.39, 0.29) is 5.56 Å². The normalized spacial score (nSPS) is 10.8. The average molecular weight is 346 g/mol. The van der Waals surface area contributed by atoms with E-state index < -0.39 is 11.5 Å². The lowest BCUT2D eigenvalue weighted by Gasteiger charge is -2.06. The number of hydrogen-bond acceptors (Lipinski definition) is 5. The van der Waals surface area contributed by atoms with Gasteiger partial charge in [-0.15, -0.1) is 0 Å². The number of anilines is 1. The van der Waals surface area contributed by atoms with Gasteiger partial charge in [0.25, 0.3) is 5.91 Å². The van der Waals surface area contributed by atoms with Crippen molar-refractivity contribution in [1.29, 1.82) is 0 Å². The molecule has 0 spiro atoms. The number of benzene rings is 1. The zero-order valence-electron chi connectivity index (χ0n) is 13.8. The van der Waals surface area contributed by atoms with E-state index in [1.165, 1.54) is 0 Å². The molecule has 0 saturated carbocycles. The Balaban J connectivity index is 1.66. The van der Waals surface area contributed by atoms with Gasteiger partial charge in [-0.25, -0.2) is 4.79 Å². The van der Waals surface area contributed by atoms with Gasteiger partial charge in [-0.05, 0) is 30.7 Å². The maximum Gasteiger partial charge on any atom is 0.349 e. The number of rotatable bonds is 3. The maximum absolute atomic E-state index is 12.6. The Morgan fingerprint density at radius 1 is 1.15 bits per heavy atom. The van der Waals surface area contributed by atoms with Crippen LogP contribution in [0.4, 0.5) is 5.82 Å². The molecular weight excluding hydrogens is 332 g/mol. The van der Waals surface area contributed by atoms with Gasteiger partial charge in [-0.2, -0.15) is 5.10 Å². The van der Waals surface area contributed by atoms with Crippen molar-refractivity contribution in [2.45, 2.75) is 6.92 Å². The van der Waals surface area contributed by atoms with Gasteiger partial charge < -0.3 is 9.73 Å². The molecule has 0 fully saturated rings. The van der Waals surface area contributed by atoms with E-state index in [1.807, 2.05) is 18.2 Å². The molecule has 26 heavy (non-hydrogen) atoms. The molecule has 128 valence electrons. The summed E-state index contributed by atoms with van der Waals surface area (Å²) < 4.78 is 5.26. The topological polar surface area (TPSA) is 101 Å². The van der Waals surface area contributed by atoms with E-state index in [9.17, 15) is 9.59 Å². The highest BCUT2D eigenvalue weighted by molar-refractivity contribution is 6.06. The molecule has 7 nitrogen and oxygen atoms in total. The summed E-state index contributed by atoms with van der Waals surface area (Å²) in [6, 6.07) is 12.4.